The van der Waals surface area contributed by atoms with Crippen LogP contribution in [-0.2, 0) is 0 Å². The van der Waals surface area contributed by atoms with Gasteiger partial charge in [0.25, 0.3) is 0 Å². The van der Waals surface area contributed by atoms with Crippen molar-refractivity contribution in [1.82, 2.24) is 9.80 Å². The van der Waals surface area contributed by atoms with Gasteiger partial charge in [0.2, 0.25) is 0 Å². The van der Waals surface area contributed by atoms with E-state index >= 15 is 0 Å². The summed E-state index contributed by atoms with van der Waals surface area (Å²) in [5.74, 6) is 0.663. The molecule has 3 aromatic rings. The summed E-state index contributed by atoms with van der Waals surface area (Å²) in [5, 5.41) is 4.56. The predicted octanol–water partition coefficient (Wildman–Crippen LogP) is 4.94. The highest BCUT2D eigenvalue weighted by Crippen LogP contribution is 2.42. The Labute approximate surface area is 167 Å². The van der Waals surface area contributed by atoms with Gasteiger partial charge in [-0.2, -0.15) is 0 Å². The van der Waals surface area contributed by atoms with Crippen molar-refractivity contribution in [3.8, 4) is 10.4 Å². The number of amidine groups is 1. The molecule has 0 amide bonds. The zero-order valence-electron chi connectivity index (χ0n) is 15.7. The van der Waals surface area contributed by atoms with Crippen LogP contribution >= 0.6 is 11.3 Å². The number of rotatable bonds is 1. The number of nitrogens with zero attached hydrogens (tertiary/aromatic N) is 3. The lowest BCUT2D eigenvalue weighted by Crippen LogP contribution is -2.47. The highest BCUT2D eigenvalue weighted by Gasteiger charge is 2.26. The molecule has 2 aliphatic rings. The van der Waals surface area contributed by atoms with Crippen molar-refractivity contribution in [3.63, 3.8) is 0 Å². The number of aliphatic imine (C=N–C) groups is 1. The fourth-order valence-electron chi connectivity index (χ4n) is 3.65. The van der Waals surface area contributed by atoms with Crippen LogP contribution in [0, 0.1) is 5.82 Å². The largest absolute Gasteiger partial charge is 0.353 e. The molecule has 0 spiro atoms. The summed E-state index contributed by atoms with van der Waals surface area (Å²) in [5.41, 5.74) is 3.77. The number of fused-ring (bicyclic) bond motifs is 2. The van der Waals surface area contributed by atoms with Crippen LogP contribution in [0.3, 0.4) is 0 Å². The second-order valence-corrected chi connectivity index (χ2v) is 8.28. The highest BCUT2D eigenvalue weighted by molar-refractivity contribution is 7.20. The first-order valence-corrected chi connectivity index (χ1v) is 10.3. The quantitative estimate of drug-likeness (QED) is 0.637. The number of benzene rings is 2. The second-order valence-electron chi connectivity index (χ2n) is 7.23. The van der Waals surface area contributed by atoms with E-state index in [0.29, 0.717) is 5.69 Å². The Kier molecular flexibility index (Phi) is 4.37. The smallest absolute Gasteiger partial charge is 0.139 e. The average Bonchev–Trinajstić information content (AvgIpc) is 3.07. The van der Waals surface area contributed by atoms with E-state index in [1.807, 2.05) is 6.07 Å². The molecule has 0 radical (unpaired) electrons. The Morgan fingerprint density at radius 3 is 2.57 bits per heavy atom. The minimum atomic E-state index is -0.266. The molecule has 6 heteroatoms. The van der Waals surface area contributed by atoms with Crippen molar-refractivity contribution in [2.24, 2.45) is 4.99 Å². The van der Waals surface area contributed by atoms with Crippen molar-refractivity contribution >= 4 is 33.5 Å². The number of nitrogens with one attached hydrogen (secondary N) is 1. The molecular formula is C22H21FN4S. The summed E-state index contributed by atoms with van der Waals surface area (Å²) in [7, 11) is 2.14. The van der Waals surface area contributed by atoms with Crippen molar-refractivity contribution < 1.29 is 4.39 Å². The van der Waals surface area contributed by atoms with E-state index in [0.717, 1.165) is 48.3 Å². The average molecular weight is 393 g/mol. The van der Waals surface area contributed by atoms with Gasteiger partial charge in [0.15, 0.2) is 0 Å². The van der Waals surface area contributed by atoms with Crippen molar-refractivity contribution in [2.75, 3.05) is 38.5 Å². The number of piperazine rings is 1. The third-order valence-electron chi connectivity index (χ3n) is 5.27. The normalized spacial score (nSPS) is 16.6. The number of hydrogen-bond donors (Lipinski definition) is 1. The van der Waals surface area contributed by atoms with Crippen LogP contribution in [0.2, 0.25) is 0 Å². The summed E-state index contributed by atoms with van der Waals surface area (Å²) < 4.78 is 13.9. The molecule has 28 heavy (non-hydrogen) atoms. The van der Waals surface area contributed by atoms with Gasteiger partial charge in [0.05, 0.1) is 16.9 Å². The summed E-state index contributed by atoms with van der Waals surface area (Å²) in [6.45, 7) is 3.81. The molecule has 0 atom stereocenters. The topological polar surface area (TPSA) is 30.9 Å². The molecule has 4 nitrogen and oxygen atoms in total. The fourth-order valence-corrected chi connectivity index (χ4v) is 4.73. The van der Waals surface area contributed by atoms with Crippen LogP contribution in [-0.4, -0.2) is 48.9 Å². The van der Waals surface area contributed by atoms with E-state index in [2.05, 4.69) is 52.5 Å². The maximum absolute atomic E-state index is 13.9. The van der Waals surface area contributed by atoms with E-state index in [9.17, 15) is 4.39 Å². The SMILES string of the molecule is CN1CCN(C2=Nc3cc(F)ccc3Nc3sc(-c4ccccc4)cc32)CC1. The first-order chi connectivity index (χ1) is 13.7. The van der Waals surface area contributed by atoms with Gasteiger partial charge in [-0.3, -0.25) is 0 Å². The van der Waals surface area contributed by atoms with Gasteiger partial charge in [-0.15, -0.1) is 11.3 Å². The van der Waals surface area contributed by atoms with E-state index in [-0.39, 0.29) is 5.82 Å². The molecule has 142 valence electrons. The van der Waals surface area contributed by atoms with E-state index < -0.39 is 0 Å². The number of anilines is 2. The van der Waals surface area contributed by atoms with Crippen LogP contribution in [0.1, 0.15) is 5.56 Å². The zero-order valence-corrected chi connectivity index (χ0v) is 16.5. The number of likely N-dealkylation sites (N-methyl/N-ethyl adjacent to an activating group) is 1. The lowest BCUT2D eigenvalue weighted by molar-refractivity contribution is 0.216. The molecule has 0 aliphatic carbocycles. The third-order valence-corrected chi connectivity index (χ3v) is 6.37. The second kappa shape index (κ2) is 7.04. The number of hydrogen-bond acceptors (Lipinski definition) is 5. The Morgan fingerprint density at radius 2 is 1.79 bits per heavy atom. The van der Waals surface area contributed by atoms with Crippen molar-refractivity contribution in [2.45, 2.75) is 0 Å². The Morgan fingerprint density at radius 1 is 1.00 bits per heavy atom. The lowest BCUT2D eigenvalue weighted by atomic mass is 10.1. The first-order valence-electron chi connectivity index (χ1n) is 9.46. The van der Waals surface area contributed by atoms with E-state index in [1.54, 1.807) is 17.4 Å². The highest BCUT2D eigenvalue weighted by atomic mass is 32.1. The van der Waals surface area contributed by atoms with Crippen molar-refractivity contribution in [3.05, 3.63) is 66.0 Å². The van der Waals surface area contributed by atoms with Crippen LogP contribution in [0.15, 0.2) is 59.6 Å². The molecule has 2 aliphatic heterocycles. The Balaban J connectivity index is 1.63. The molecule has 1 saturated heterocycles. The van der Waals surface area contributed by atoms with Gasteiger partial charge in [-0.25, -0.2) is 9.38 Å². The third kappa shape index (κ3) is 3.19. The van der Waals surface area contributed by atoms with Crippen LogP contribution in [0.4, 0.5) is 20.8 Å². The molecule has 1 N–H and O–H groups in total. The maximum atomic E-state index is 13.9. The molecular weight excluding hydrogens is 371 g/mol. The number of thiophene rings is 1. The molecule has 0 saturated carbocycles. The fraction of sp³-hybridized carbons (Fsp3) is 0.227. The molecule has 1 fully saturated rings. The first kappa shape index (κ1) is 17.4. The van der Waals surface area contributed by atoms with Crippen LogP contribution in [0.25, 0.3) is 10.4 Å². The van der Waals surface area contributed by atoms with Gasteiger partial charge in [-0.1, -0.05) is 30.3 Å². The molecule has 0 bridgehead atoms. The summed E-state index contributed by atoms with van der Waals surface area (Å²) in [6.07, 6.45) is 0. The van der Waals surface area contributed by atoms with Gasteiger partial charge < -0.3 is 15.1 Å². The number of halogens is 1. The Bertz CT molecular complexity index is 1040. The van der Waals surface area contributed by atoms with Gasteiger partial charge >= 0.3 is 0 Å². The van der Waals surface area contributed by atoms with Gasteiger partial charge in [-0.05, 0) is 30.8 Å². The lowest BCUT2D eigenvalue weighted by Gasteiger charge is -2.34. The molecule has 0 unspecified atom stereocenters. The molecule has 2 aromatic carbocycles. The molecule has 1 aromatic heterocycles. The van der Waals surface area contributed by atoms with Crippen LogP contribution in [0.5, 0.6) is 0 Å². The predicted molar refractivity (Wildman–Crippen MR) is 115 cm³/mol. The Hall–Kier alpha value is -2.70. The van der Waals surface area contributed by atoms with Gasteiger partial charge in [0.1, 0.15) is 16.7 Å². The van der Waals surface area contributed by atoms with Crippen LogP contribution < -0.4 is 5.32 Å². The van der Waals surface area contributed by atoms with Gasteiger partial charge in [0, 0.05) is 37.1 Å². The zero-order chi connectivity index (χ0) is 19.1. The van der Waals surface area contributed by atoms with E-state index in [1.165, 1.54) is 22.6 Å². The minimum absolute atomic E-state index is 0.266. The molecule has 3 heterocycles. The standard InChI is InChI=1S/C22H21FN4S/c1-26-9-11-27(12-10-26)21-17-14-20(15-5-3-2-4-6-15)28-22(17)25-18-8-7-16(23)13-19(18)24-21/h2-8,13-14,25H,9-12H2,1H3. The molecule has 5 rings (SSSR count). The van der Waals surface area contributed by atoms with E-state index in [4.69, 9.17) is 4.99 Å². The summed E-state index contributed by atoms with van der Waals surface area (Å²) in [6, 6.07) is 17.4. The monoisotopic (exact) mass is 392 g/mol. The summed E-state index contributed by atoms with van der Waals surface area (Å²) >= 11 is 1.72. The summed E-state index contributed by atoms with van der Waals surface area (Å²) in [4.78, 5) is 10.8. The van der Waals surface area contributed by atoms with Crippen molar-refractivity contribution in [1.29, 1.82) is 0 Å². The minimum Gasteiger partial charge on any atom is -0.353 e. The maximum Gasteiger partial charge on any atom is 0.139 e.